The highest BCUT2D eigenvalue weighted by Crippen LogP contribution is 2.28. The van der Waals surface area contributed by atoms with Crippen molar-refractivity contribution in [3.05, 3.63) is 84.4 Å². The van der Waals surface area contributed by atoms with Crippen LogP contribution in [0.5, 0.6) is 0 Å². The molecule has 0 saturated carbocycles. The number of hydrogen-bond donors (Lipinski definition) is 0. The smallest absolute Gasteiger partial charge is 0.243 e. The third kappa shape index (κ3) is 3.85. The van der Waals surface area contributed by atoms with Gasteiger partial charge in [0.25, 0.3) is 0 Å². The van der Waals surface area contributed by atoms with Crippen LogP contribution in [0.15, 0.2) is 83.8 Å². The average molecular weight is 445 g/mol. The van der Waals surface area contributed by atoms with Crippen LogP contribution in [0.4, 0.5) is 5.82 Å². The molecule has 7 heteroatoms. The Hall–Kier alpha value is -3.29. The highest BCUT2D eigenvalue weighted by molar-refractivity contribution is 7.89. The lowest BCUT2D eigenvalue weighted by Gasteiger charge is -2.34. The summed E-state index contributed by atoms with van der Waals surface area (Å²) in [5.41, 5.74) is 2.92. The number of hydrogen-bond acceptors (Lipinski definition) is 5. The first kappa shape index (κ1) is 20.6. The third-order valence-corrected chi connectivity index (χ3v) is 7.85. The van der Waals surface area contributed by atoms with Crippen LogP contribution < -0.4 is 4.90 Å². The fourth-order valence-corrected chi connectivity index (χ4v) is 5.53. The minimum atomic E-state index is -3.48. The molecule has 0 bridgehead atoms. The van der Waals surface area contributed by atoms with Crippen LogP contribution in [0.3, 0.4) is 0 Å². The summed E-state index contributed by atoms with van der Waals surface area (Å²) in [7, 11) is -3.48. The van der Waals surface area contributed by atoms with Gasteiger partial charge in [-0.05, 0) is 42.0 Å². The van der Waals surface area contributed by atoms with Gasteiger partial charge in [-0.15, -0.1) is 10.2 Å². The maximum Gasteiger partial charge on any atom is 0.243 e. The molecule has 0 N–H and O–H groups in total. The van der Waals surface area contributed by atoms with Crippen molar-refractivity contribution in [1.29, 1.82) is 0 Å². The summed E-state index contributed by atoms with van der Waals surface area (Å²) in [6.45, 7) is 3.94. The minimum Gasteiger partial charge on any atom is -0.352 e. The lowest BCUT2D eigenvalue weighted by Crippen LogP contribution is -2.49. The Kier molecular flexibility index (Phi) is 5.36. The van der Waals surface area contributed by atoms with E-state index < -0.39 is 10.0 Å². The monoisotopic (exact) mass is 444 g/mol. The van der Waals surface area contributed by atoms with Gasteiger partial charge in [-0.1, -0.05) is 60.2 Å². The first-order chi connectivity index (χ1) is 15.5. The Morgan fingerprint density at radius 3 is 2.19 bits per heavy atom. The SMILES string of the molecule is Cc1ccc(S(=O)(=O)N2CCN(c3ccc(-c4cccc5ccccc45)nn3)CC2)cc1. The van der Waals surface area contributed by atoms with Crippen molar-refractivity contribution in [2.75, 3.05) is 31.1 Å². The van der Waals surface area contributed by atoms with E-state index in [2.05, 4.69) is 39.4 Å². The first-order valence-corrected chi connectivity index (χ1v) is 12.1. The number of aryl methyl sites for hydroxylation is 1. The Bertz CT molecular complexity index is 1340. The van der Waals surface area contributed by atoms with Gasteiger partial charge in [0.05, 0.1) is 10.6 Å². The Balaban J connectivity index is 1.31. The Morgan fingerprint density at radius 2 is 1.47 bits per heavy atom. The summed E-state index contributed by atoms with van der Waals surface area (Å²) in [5.74, 6) is 0.765. The highest BCUT2D eigenvalue weighted by atomic mass is 32.2. The number of piperazine rings is 1. The van der Waals surface area contributed by atoms with E-state index >= 15 is 0 Å². The predicted octanol–water partition coefficient (Wildman–Crippen LogP) is 4.12. The molecule has 5 rings (SSSR count). The van der Waals surface area contributed by atoms with Crippen LogP contribution in [0.2, 0.25) is 0 Å². The van der Waals surface area contributed by atoms with Crippen molar-refractivity contribution in [3.8, 4) is 11.3 Å². The standard InChI is InChI=1S/C25H24N4O2S/c1-19-9-11-21(12-10-19)32(30,31)29-17-15-28(16-18-29)25-14-13-24(26-27-25)23-8-4-6-20-5-2-3-7-22(20)23/h2-14H,15-18H2,1H3. The molecule has 4 aromatic rings. The third-order valence-electron chi connectivity index (χ3n) is 5.94. The molecule has 32 heavy (non-hydrogen) atoms. The zero-order chi connectivity index (χ0) is 22.1. The molecule has 1 aliphatic heterocycles. The molecule has 1 saturated heterocycles. The quantitative estimate of drug-likeness (QED) is 0.474. The van der Waals surface area contributed by atoms with Crippen molar-refractivity contribution in [2.45, 2.75) is 11.8 Å². The summed E-state index contributed by atoms with van der Waals surface area (Å²) >= 11 is 0. The second kappa shape index (κ2) is 8.33. The zero-order valence-corrected chi connectivity index (χ0v) is 18.7. The largest absolute Gasteiger partial charge is 0.352 e. The van der Waals surface area contributed by atoms with Gasteiger partial charge in [-0.3, -0.25) is 0 Å². The number of benzene rings is 3. The van der Waals surface area contributed by atoms with E-state index in [9.17, 15) is 8.42 Å². The second-order valence-corrected chi connectivity index (χ2v) is 9.95. The lowest BCUT2D eigenvalue weighted by atomic mass is 10.0. The van der Waals surface area contributed by atoms with Gasteiger partial charge in [0, 0.05) is 31.7 Å². The summed E-state index contributed by atoms with van der Waals surface area (Å²) in [6, 6.07) is 25.4. The molecule has 0 radical (unpaired) electrons. The minimum absolute atomic E-state index is 0.343. The molecule has 1 fully saturated rings. The van der Waals surface area contributed by atoms with E-state index in [-0.39, 0.29) is 0 Å². The maximum absolute atomic E-state index is 12.9. The number of rotatable bonds is 4. The van der Waals surface area contributed by atoms with Crippen molar-refractivity contribution in [1.82, 2.24) is 14.5 Å². The molecule has 162 valence electrons. The molecule has 2 heterocycles. The topological polar surface area (TPSA) is 66.4 Å². The van der Waals surface area contributed by atoms with E-state index in [1.807, 2.05) is 49.4 Å². The van der Waals surface area contributed by atoms with Crippen LogP contribution in [0.1, 0.15) is 5.56 Å². The molecule has 1 aromatic heterocycles. The van der Waals surface area contributed by atoms with E-state index in [1.165, 1.54) is 5.39 Å². The van der Waals surface area contributed by atoms with Gasteiger partial charge in [0.15, 0.2) is 5.82 Å². The van der Waals surface area contributed by atoms with E-state index in [0.717, 1.165) is 28.0 Å². The lowest BCUT2D eigenvalue weighted by molar-refractivity contribution is 0.383. The summed E-state index contributed by atoms with van der Waals surface area (Å²) < 4.78 is 27.4. The Labute approximate surface area is 188 Å². The molecular formula is C25H24N4O2S. The highest BCUT2D eigenvalue weighted by Gasteiger charge is 2.29. The first-order valence-electron chi connectivity index (χ1n) is 10.7. The molecule has 1 aliphatic rings. The average Bonchev–Trinajstić information content (AvgIpc) is 2.84. The van der Waals surface area contributed by atoms with Gasteiger partial charge in [-0.2, -0.15) is 4.31 Å². The zero-order valence-electron chi connectivity index (χ0n) is 17.8. The molecular weight excluding hydrogens is 420 g/mol. The van der Waals surface area contributed by atoms with Crippen LogP contribution in [-0.2, 0) is 10.0 Å². The number of nitrogens with zero attached hydrogens (tertiary/aromatic N) is 4. The normalized spacial score (nSPS) is 15.2. The van der Waals surface area contributed by atoms with Crippen LogP contribution in [-0.4, -0.2) is 49.1 Å². The van der Waals surface area contributed by atoms with E-state index in [1.54, 1.807) is 16.4 Å². The van der Waals surface area contributed by atoms with Gasteiger partial charge >= 0.3 is 0 Å². The molecule has 0 atom stereocenters. The van der Waals surface area contributed by atoms with Crippen LogP contribution in [0, 0.1) is 6.92 Å². The van der Waals surface area contributed by atoms with E-state index in [0.29, 0.717) is 31.1 Å². The second-order valence-electron chi connectivity index (χ2n) is 8.01. The van der Waals surface area contributed by atoms with Crippen molar-refractivity contribution < 1.29 is 8.42 Å². The van der Waals surface area contributed by atoms with Crippen molar-refractivity contribution in [2.24, 2.45) is 0 Å². The fourth-order valence-electron chi connectivity index (χ4n) is 4.10. The number of anilines is 1. The van der Waals surface area contributed by atoms with Crippen molar-refractivity contribution in [3.63, 3.8) is 0 Å². The number of fused-ring (bicyclic) bond motifs is 1. The maximum atomic E-state index is 12.9. The van der Waals surface area contributed by atoms with Gasteiger partial charge < -0.3 is 4.90 Å². The molecule has 0 unspecified atom stereocenters. The molecule has 6 nitrogen and oxygen atoms in total. The fraction of sp³-hybridized carbons (Fsp3) is 0.200. The van der Waals surface area contributed by atoms with Gasteiger partial charge in [-0.25, -0.2) is 8.42 Å². The molecule has 0 spiro atoms. The number of sulfonamides is 1. The summed E-state index contributed by atoms with van der Waals surface area (Å²) in [5, 5.41) is 11.2. The van der Waals surface area contributed by atoms with Crippen molar-refractivity contribution >= 4 is 26.6 Å². The van der Waals surface area contributed by atoms with Crippen LogP contribution in [0.25, 0.3) is 22.0 Å². The van der Waals surface area contributed by atoms with Gasteiger partial charge in [0.2, 0.25) is 10.0 Å². The van der Waals surface area contributed by atoms with E-state index in [4.69, 9.17) is 0 Å². The molecule has 3 aromatic carbocycles. The molecule has 0 amide bonds. The Morgan fingerprint density at radius 1 is 0.750 bits per heavy atom. The summed E-state index contributed by atoms with van der Waals surface area (Å²) in [6.07, 6.45) is 0. The number of aromatic nitrogens is 2. The molecule has 0 aliphatic carbocycles. The predicted molar refractivity (Wildman–Crippen MR) is 127 cm³/mol. The summed E-state index contributed by atoms with van der Waals surface area (Å²) in [4.78, 5) is 2.43. The van der Waals surface area contributed by atoms with Crippen LogP contribution >= 0.6 is 0 Å². The van der Waals surface area contributed by atoms with Gasteiger partial charge in [0.1, 0.15) is 0 Å².